The summed E-state index contributed by atoms with van der Waals surface area (Å²) in [4.78, 5) is 55.1. The maximum Gasteiger partial charge on any atom is 0.338 e. The Hall–Kier alpha value is -3.67. The highest BCUT2D eigenvalue weighted by atomic mass is 32.1. The summed E-state index contributed by atoms with van der Waals surface area (Å²) in [5.41, 5.74) is -0.100. The zero-order chi connectivity index (χ0) is 22.3. The zero-order valence-electron chi connectivity index (χ0n) is 17.0. The van der Waals surface area contributed by atoms with Crippen molar-refractivity contribution in [3.05, 3.63) is 60.8 Å². The van der Waals surface area contributed by atoms with E-state index in [0.717, 1.165) is 9.44 Å². The average Bonchev–Trinajstić information content (AvgIpc) is 3.41. The first-order valence-corrected chi connectivity index (χ1v) is 10.3. The van der Waals surface area contributed by atoms with Crippen LogP contribution in [0.1, 0.15) is 17.8 Å². The van der Waals surface area contributed by atoms with Crippen LogP contribution >= 0.6 is 11.3 Å². The molecule has 0 saturated carbocycles. The summed E-state index contributed by atoms with van der Waals surface area (Å²) in [6.45, 7) is 1.84. The van der Waals surface area contributed by atoms with E-state index in [1.807, 2.05) is 17.5 Å². The molecule has 12 heteroatoms. The number of rotatable bonds is 5. The van der Waals surface area contributed by atoms with Crippen LogP contribution in [0.25, 0.3) is 11.2 Å². The number of nitrogens with zero attached hydrogens (tertiary/aromatic N) is 4. The Labute approximate surface area is 179 Å². The SMILES string of the molecule is CCOC(=O)C1=C(Cn2cnc3c2c(=O)n(C)c(=O)n3C)NC(=O)N[C@@H]1c1cccs1. The standard InChI is InChI=1S/C19H20N6O5S/c1-4-30-17(27)12-10(21-18(28)22-13(12)11-6-5-7-31-11)8-25-9-20-15-14(25)16(26)24(3)19(29)23(15)2/h5-7,9,13H,4,8H2,1-3H3,(H2,21,22,28)/t13-/m1/s1. The molecule has 0 radical (unpaired) electrons. The number of urea groups is 1. The lowest BCUT2D eigenvalue weighted by atomic mass is 10.0. The molecule has 0 fully saturated rings. The van der Waals surface area contributed by atoms with Gasteiger partial charge in [0.05, 0.1) is 36.8 Å². The Balaban J connectivity index is 1.89. The molecule has 0 saturated heterocycles. The van der Waals surface area contributed by atoms with Gasteiger partial charge in [0.1, 0.15) is 0 Å². The molecule has 4 rings (SSSR count). The number of ether oxygens (including phenoxy) is 1. The van der Waals surface area contributed by atoms with Crippen molar-refractivity contribution in [1.29, 1.82) is 0 Å². The minimum Gasteiger partial charge on any atom is -0.463 e. The zero-order valence-corrected chi connectivity index (χ0v) is 17.9. The van der Waals surface area contributed by atoms with Crippen LogP contribution in [0, 0.1) is 0 Å². The highest BCUT2D eigenvalue weighted by Crippen LogP contribution is 2.31. The van der Waals surface area contributed by atoms with Crippen LogP contribution in [0.15, 0.2) is 44.7 Å². The second-order valence-electron chi connectivity index (χ2n) is 6.91. The van der Waals surface area contributed by atoms with Gasteiger partial charge < -0.3 is 19.9 Å². The number of hydrogen-bond acceptors (Lipinski definition) is 7. The molecule has 3 aromatic heterocycles. The summed E-state index contributed by atoms with van der Waals surface area (Å²) >= 11 is 1.40. The maximum atomic E-state index is 12.8. The van der Waals surface area contributed by atoms with E-state index in [4.69, 9.17) is 4.74 Å². The van der Waals surface area contributed by atoms with Crippen LogP contribution in [0.5, 0.6) is 0 Å². The van der Waals surface area contributed by atoms with E-state index in [9.17, 15) is 19.2 Å². The van der Waals surface area contributed by atoms with Gasteiger partial charge in [-0.1, -0.05) is 6.07 Å². The Morgan fingerprint density at radius 1 is 1.26 bits per heavy atom. The number of fused-ring (bicyclic) bond motifs is 1. The predicted molar refractivity (Wildman–Crippen MR) is 113 cm³/mol. The first-order valence-electron chi connectivity index (χ1n) is 9.45. The molecular formula is C19H20N6O5S. The quantitative estimate of drug-likeness (QED) is 0.547. The van der Waals surface area contributed by atoms with Crippen LogP contribution in [-0.2, 0) is 30.2 Å². The van der Waals surface area contributed by atoms with Gasteiger partial charge in [0, 0.05) is 19.0 Å². The van der Waals surface area contributed by atoms with Crippen LogP contribution in [0.3, 0.4) is 0 Å². The Morgan fingerprint density at radius 2 is 2.03 bits per heavy atom. The van der Waals surface area contributed by atoms with E-state index in [1.165, 1.54) is 40.9 Å². The van der Waals surface area contributed by atoms with Gasteiger partial charge >= 0.3 is 17.7 Å². The number of thiophene rings is 1. The number of carbonyl (C=O) groups is 2. The van der Waals surface area contributed by atoms with Crippen LogP contribution in [-0.4, -0.2) is 37.3 Å². The molecular weight excluding hydrogens is 424 g/mol. The average molecular weight is 444 g/mol. The Morgan fingerprint density at radius 3 is 2.71 bits per heavy atom. The number of esters is 1. The number of amides is 2. The Bertz CT molecular complexity index is 1330. The molecule has 4 heterocycles. The lowest BCUT2D eigenvalue weighted by Gasteiger charge is -2.28. The fourth-order valence-electron chi connectivity index (χ4n) is 3.55. The number of hydrogen-bond donors (Lipinski definition) is 2. The number of carbonyl (C=O) groups excluding carboxylic acids is 2. The number of aromatic nitrogens is 4. The maximum absolute atomic E-state index is 12.8. The fourth-order valence-corrected chi connectivity index (χ4v) is 4.33. The molecule has 2 N–H and O–H groups in total. The van der Waals surface area contributed by atoms with Gasteiger partial charge in [-0.3, -0.25) is 13.9 Å². The third-order valence-corrected chi connectivity index (χ3v) is 5.96. The molecule has 0 aliphatic carbocycles. The normalized spacial score (nSPS) is 16.4. The summed E-state index contributed by atoms with van der Waals surface area (Å²) in [6, 6.07) is 2.47. The minimum atomic E-state index is -0.690. The fraction of sp³-hybridized carbons (Fsp3) is 0.316. The van der Waals surface area contributed by atoms with Crippen LogP contribution in [0.4, 0.5) is 4.79 Å². The van der Waals surface area contributed by atoms with Gasteiger partial charge in [-0.2, -0.15) is 0 Å². The van der Waals surface area contributed by atoms with Crippen molar-refractivity contribution in [1.82, 2.24) is 29.3 Å². The summed E-state index contributed by atoms with van der Waals surface area (Å²) in [5.74, 6) is -0.576. The van der Waals surface area contributed by atoms with Crippen molar-refractivity contribution in [2.75, 3.05) is 6.61 Å². The van der Waals surface area contributed by atoms with Crippen molar-refractivity contribution in [2.45, 2.75) is 19.5 Å². The number of allylic oxidation sites excluding steroid dienone is 1. The molecule has 2 amide bonds. The molecule has 1 aliphatic heterocycles. The first-order chi connectivity index (χ1) is 14.8. The van der Waals surface area contributed by atoms with Gasteiger partial charge in [-0.05, 0) is 18.4 Å². The van der Waals surface area contributed by atoms with E-state index in [2.05, 4.69) is 15.6 Å². The van der Waals surface area contributed by atoms with Gasteiger partial charge in [0.25, 0.3) is 5.56 Å². The molecule has 0 spiro atoms. The molecule has 0 unspecified atom stereocenters. The molecule has 3 aromatic rings. The molecule has 0 bridgehead atoms. The van der Waals surface area contributed by atoms with Crippen molar-refractivity contribution in [3.63, 3.8) is 0 Å². The van der Waals surface area contributed by atoms with Crippen molar-refractivity contribution < 1.29 is 14.3 Å². The molecule has 1 aliphatic rings. The lowest BCUT2D eigenvalue weighted by molar-refractivity contribution is -0.139. The molecule has 31 heavy (non-hydrogen) atoms. The van der Waals surface area contributed by atoms with Gasteiger partial charge in [-0.25, -0.2) is 19.4 Å². The number of nitrogens with one attached hydrogen (secondary N) is 2. The van der Waals surface area contributed by atoms with E-state index in [0.29, 0.717) is 0 Å². The molecule has 11 nitrogen and oxygen atoms in total. The summed E-state index contributed by atoms with van der Waals surface area (Å²) in [6.07, 6.45) is 1.40. The largest absolute Gasteiger partial charge is 0.463 e. The minimum absolute atomic E-state index is 0.0204. The third-order valence-electron chi connectivity index (χ3n) is 5.02. The van der Waals surface area contributed by atoms with Crippen LogP contribution < -0.4 is 21.9 Å². The first kappa shape index (κ1) is 20.6. The highest BCUT2D eigenvalue weighted by Gasteiger charge is 2.34. The second kappa shape index (κ2) is 7.87. The number of imidazole rings is 1. The van der Waals surface area contributed by atoms with E-state index < -0.39 is 29.3 Å². The van der Waals surface area contributed by atoms with Crippen molar-refractivity contribution in [3.8, 4) is 0 Å². The summed E-state index contributed by atoms with van der Waals surface area (Å²) in [5, 5.41) is 7.27. The number of aryl methyl sites for hydroxylation is 1. The second-order valence-corrected chi connectivity index (χ2v) is 7.89. The molecule has 0 aromatic carbocycles. The van der Waals surface area contributed by atoms with Crippen LogP contribution in [0.2, 0.25) is 0 Å². The van der Waals surface area contributed by atoms with Gasteiger partial charge in [-0.15, -0.1) is 11.3 Å². The van der Waals surface area contributed by atoms with E-state index >= 15 is 0 Å². The summed E-state index contributed by atoms with van der Waals surface area (Å²) in [7, 11) is 2.90. The lowest BCUT2D eigenvalue weighted by Crippen LogP contribution is -2.46. The van der Waals surface area contributed by atoms with E-state index in [1.54, 1.807) is 6.92 Å². The monoisotopic (exact) mass is 444 g/mol. The molecule has 162 valence electrons. The summed E-state index contributed by atoms with van der Waals surface area (Å²) < 4.78 is 8.99. The van der Waals surface area contributed by atoms with Gasteiger partial charge in [0.2, 0.25) is 0 Å². The van der Waals surface area contributed by atoms with Crippen molar-refractivity contribution >= 4 is 34.5 Å². The highest BCUT2D eigenvalue weighted by molar-refractivity contribution is 7.10. The van der Waals surface area contributed by atoms with Gasteiger partial charge in [0.15, 0.2) is 11.2 Å². The van der Waals surface area contributed by atoms with Crippen molar-refractivity contribution in [2.24, 2.45) is 14.1 Å². The predicted octanol–water partition coefficient (Wildman–Crippen LogP) is 0.367. The molecule has 1 atom stereocenters. The van der Waals surface area contributed by atoms with E-state index in [-0.39, 0.29) is 35.6 Å². The smallest absolute Gasteiger partial charge is 0.338 e. The Kier molecular flexibility index (Phi) is 5.23. The topological polar surface area (TPSA) is 129 Å². The third kappa shape index (κ3) is 3.44.